The Kier molecular flexibility index (Phi) is 5.78. The molecule has 0 amide bonds. The Hall–Kier alpha value is -3.41. The molecule has 154 valence electrons. The second-order valence-corrected chi connectivity index (χ2v) is 9.19. The molecule has 8 heteroatoms. The maximum Gasteiger partial charge on any atom is 0.379 e. The van der Waals surface area contributed by atoms with Crippen LogP contribution in [0.25, 0.3) is 11.1 Å². The molecule has 0 spiro atoms. The van der Waals surface area contributed by atoms with Gasteiger partial charge in [-0.05, 0) is 68.3 Å². The molecular weight excluding hydrogens is 404 g/mol. The SMILES string of the molecule is CC(C)(C)NS(=O)(=O)c1ccc(C(=O)Oc2ccc(-c3ccc(C#N)cc3)cc2)o1. The lowest BCUT2D eigenvalue weighted by Crippen LogP contribution is -2.40. The minimum atomic E-state index is -3.89. The van der Waals surface area contributed by atoms with Crippen molar-refractivity contribution in [1.82, 2.24) is 4.72 Å². The van der Waals surface area contributed by atoms with E-state index in [1.165, 1.54) is 12.1 Å². The maximum absolute atomic E-state index is 12.3. The molecule has 2 aromatic carbocycles. The minimum absolute atomic E-state index is 0.222. The van der Waals surface area contributed by atoms with Crippen LogP contribution in [0.5, 0.6) is 5.75 Å². The van der Waals surface area contributed by atoms with Gasteiger partial charge < -0.3 is 9.15 Å². The smallest absolute Gasteiger partial charge is 0.379 e. The molecule has 0 radical (unpaired) electrons. The monoisotopic (exact) mass is 424 g/mol. The van der Waals surface area contributed by atoms with Crippen LogP contribution in [-0.4, -0.2) is 19.9 Å². The van der Waals surface area contributed by atoms with Gasteiger partial charge in [0.25, 0.3) is 10.0 Å². The zero-order valence-electron chi connectivity index (χ0n) is 16.7. The molecule has 0 aliphatic rings. The third-order valence-electron chi connectivity index (χ3n) is 3.90. The summed E-state index contributed by atoms with van der Waals surface area (Å²) < 4.78 is 37.5. The van der Waals surface area contributed by atoms with Gasteiger partial charge in [0.1, 0.15) is 5.75 Å². The van der Waals surface area contributed by atoms with Crippen LogP contribution in [0.15, 0.2) is 70.2 Å². The number of hydrogen-bond donors (Lipinski definition) is 1. The number of rotatable bonds is 5. The number of nitrogens with zero attached hydrogens (tertiary/aromatic N) is 1. The lowest BCUT2D eigenvalue weighted by molar-refractivity contribution is 0.0695. The van der Waals surface area contributed by atoms with E-state index in [9.17, 15) is 13.2 Å². The normalized spacial score (nSPS) is 11.7. The van der Waals surface area contributed by atoms with Crippen LogP contribution in [-0.2, 0) is 10.0 Å². The summed E-state index contributed by atoms with van der Waals surface area (Å²) in [6.45, 7) is 5.10. The van der Waals surface area contributed by atoms with Gasteiger partial charge in [-0.2, -0.15) is 5.26 Å². The average molecular weight is 424 g/mol. The van der Waals surface area contributed by atoms with Crippen molar-refractivity contribution in [1.29, 1.82) is 5.26 Å². The number of esters is 1. The molecule has 0 atom stereocenters. The van der Waals surface area contributed by atoms with Gasteiger partial charge in [-0.3, -0.25) is 0 Å². The first kappa shape index (κ1) is 21.3. The largest absolute Gasteiger partial charge is 0.436 e. The van der Waals surface area contributed by atoms with E-state index in [4.69, 9.17) is 14.4 Å². The number of nitriles is 1. The first-order chi connectivity index (χ1) is 14.1. The van der Waals surface area contributed by atoms with E-state index >= 15 is 0 Å². The Balaban J connectivity index is 1.71. The number of furan rings is 1. The fourth-order valence-corrected chi connectivity index (χ4v) is 3.99. The number of hydrogen-bond acceptors (Lipinski definition) is 6. The highest BCUT2D eigenvalue weighted by Crippen LogP contribution is 2.24. The first-order valence-corrected chi connectivity index (χ1v) is 10.5. The van der Waals surface area contributed by atoms with Crippen molar-refractivity contribution in [3.8, 4) is 22.9 Å². The summed E-state index contributed by atoms with van der Waals surface area (Å²) in [7, 11) is -3.89. The lowest BCUT2D eigenvalue weighted by atomic mass is 10.0. The first-order valence-electron chi connectivity index (χ1n) is 9.04. The van der Waals surface area contributed by atoms with Gasteiger partial charge in [-0.15, -0.1) is 0 Å². The summed E-state index contributed by atoms with van der Waals surface area (Å²) in [4.78, 5) is 12.3. The number of benzene rings is 2. The van der Waals surface area contributed by atoms with Crippen molar-refractivity contribution < 1.29 is 22.4 Å². The summed E-state index contributed by atoms with van der Waals surface area (Å²) in [5.41, 5.74) is 1.68. The van der Waals surface area contributed by atoms with E-state index in [0.717, 1.165) is 11.1 Å². The summed E-state index contributed by atoms with van der Waals surface area (Å²) >= 11 is 0. The van der Waals surface area contributed by atoms with Crippen LogP contribution in [0.3, 0.4) is 0 Å². The number of carbonyl (C=O) groups excluding carboxylic acids is 1. The molecule has 0 bridgehead atoms. The Labute approximate surface area is 175 Å². The third kappa shape index (κ3) is 5.14. The summed E-state index contributed by atoms with van der Waals surface area (Å²) in [6.07, 6.45) is 0. The molecule has 0 aliphatic heterocycles. The van der Waals surface area contributed by atoms with Crippen molar-refractivity contribution >= 4 is 16.0 Å². The predicted octanol–water partition coefficient (Wildman–Crippen LogP) is 4.11. The van der Waals surface area contributed by atoms with Gasteiger partial charge in [0.2, 0.25) is 10.9 Å². The topological polar surface area (TPSA) is 109 Å². The van der Waals surface area contributed by atoms with Crippen molar-refractivity contribution in [2.45, 2.75) is 31.4 Å². The van der Waals surface area contributed by atoms with Crippen molar-refractivity contribution in [2.24, 2.45) is 0 Å². The Morgan fingerprint density at radius 3 is 2.07 bits per heavy atom. The molecule has 0 unspecified atom stereocenters. The molecule has 0 saturated heterocycles. The summed E-state index contributed by atoms with van der Waals surface area (Å²) in [5, 5.41) is 8.51. The lowest BCUT2D eigenvalue weighted by Gasteiger charge is -2.18. The molecule has 1 aromatic heterocycles. The van der Waals surface area contributed by atoms with Gasteiger partial charge in [0.15, 0.2) is 0 Å². The van der Waals surface area contributed by atoms with Crippen LogP contribution in [0, 0.1) is 11.3 Å². The molecule has 0 saturated carbocycles. The minimum Gasteiger partial charge on any atom is -0.436 e. The molecule has 0 aliphatic carbocycles. The summed E-state index contributed by atoms with van der Waals surface area (Å²) in [5.74, 6) is -0.746. The van der Waals surface area contributed by atoms with Crippen molar-refractivity contribution in [3.63, 3.8) is 0 Å². The number of nitrogens with one attached hydrogen (secondary N) is 1. The van der Waals surface area contributed by atoms with Crippen LogP contribution in [0.1, 0.15) is 36.9 Å². The van der Waals surface area contributed by atoms with E-state index in [1.54, 1.807) is 57.2 Å². The highest BCUT2D eigenvalue weighted by Gasteiger charge is 2.26. The molecule has 1 heterocycles. The molecule has 30 heavy (non-hydrogen) atoms. The highest BCUT2D eigenvalue weighted by molar-refractivity contribution is 7.89. The zero-order valence-corrected chi connectivity index (χ0v) is 17.5. The van der Waals surface area contributed by atoms with E-state index < -0.39 is 21.5 Å². The number of ether oxygens (including phenoxy) is 1. The quantitative estimate of drug-likeness (QED) is 0.487. The van der Waals surface area contributed by atoms with Crippen LogP contribution < -0.4 is 9.46 Å². The molecular formula is C22H20N2O5S. The van der Waals surface area contributed by atoms with Gasteiger partial charge in [-0.25, -0.2) is 17.9 Å². The average Bonchev–Trinajstić information content (AvgIpc) is 3.18. The second kappa shape index (κ2) is 8.14. The fraction of sp³-hybridized carbons (Fsp3) is 0.182. The molecule has 0 fully saturated rings. The van der Waals surface area contributed by atoms with Crippen molar-refractivity contribution in [2.75, 3.05) is 0 Å². The zero-order chi connectivity index (χ0) is 21.9. The van der Waals surface area contributed by atoms with E-state index in [1.807, 2.05) is 12.1 Å². The molecule has 7 nitrogen and oxygen atoms in total. The second-order valence-electron chi connectivity index (χ2n) is 7.58. The Morgan fingerprint density at radius 1 is 0.967 bits per heavy atom. The number of sulfonamides is 1. The maximum atomic E-state index is 12.3. The van der Waals surface area contributed by atoms with Gasteiger partial charge in [-0.1, -0.05) is 24.3 Å². The van der Waals surface area contributed by atoms with E-state index in [0.29, 0.717) is 5.56 Å². The van der Waals surface area contributed by atoms with Crippen LogP contribution >= 0.6 is 0 Å². The number of carbonyl (C=O) groups is 1. The molecule has 3 aromatic rings. The van der Waals surface area contributed by atoms with Crippen LogP contribution in [0.2, 0.25) is 0 Å². The summed E-state index contributed by atoms with van der Waals surface area (Å²) in [6, 6.07) is 18.4. The van der Waals surface area contributed by atoms with Gasteiger partial charge >= 0.3 is 5.97 Å². The third-order valence-corrected chi connectivity index (χ3v) is 5.53. The van der Waals surface area contributed by atoms with Crippen LogP contribution in [0.4, 0.5) is 0 Å². The Bertz CT molecular complexity index is 1200. The van der Waals surface area contributed by atoms with Gasteiger partial charge in [0, 0.05) is 5.54 Å². The fourth-order valence-electron chi connectivity index (χ4n) is 2.64. The Morgan fingerprint density at radius 2 is 1.53 bits per heavy atom. The predicted molar refractivity (Wildman–Crippen MR) is 110 cm³/mol. The molecule has 1 N–H and O–H groups in total. The standard InChI is InChI=1S/C22H20N2O5S/c1-22(2,3)24-30(26,27)20-13-12-19(29-20)21(25)28-18-10-8-17(9-11-18)16-6-4-15(14-23)5-7-16/h4-13,24H,1-3H3. The molecule has 3 rings (SSSR count). The highest BCUT2D eigenvalue weighted by atomic mass is 32.2. The van der Waals surface area contributed by atoms with E-state index in [2.05, 4.69) is 10.8 Å². The van der Waals surface area contributed by atoms with Gasteiger partial charge in [0.05, 0.1) is 11.6 Å². The van der Waals surface area contributed by atoms with E-state index in [-0.39, 0.29) is 16.6 Å². The van der Waals surface area contributed by atoms with Crippen molar-refractivity contribution in [3.05, 3.63) is 72.0 Å².